The van der Waals surface area contributed by atoms with Gasteiger partial charge in [-0.3, -0.25) is 9.13 Å². The molecule has 0 heterocycles. The van der Waals surface area contributed by atoms with Crippen LogP contribution in [-0.4, -0.2) is 26.4 Å². The van der Waals surface area contributed by atoms with E-state index in [0.717, 1.165) is 0 Å². The van der Waals surface area contributed by atoms with Gasteiger partial charge in [-0.2, -0.15) is 0 Å². The summed E-state index contributed by atoms with van der Waals surface area (Å²) >= 11 is 0. The Morgan fingerprint density at radius 3 is 1.88 bits per heavy atom. The van der Waals surface area contributed by atoms with Crippen LogP contribution in [0.4, 0.5) is 4.39 Å². The van der Waals surface area contributed by atoms with Crippen LogP contribution in [0.1, 0.15) is 39.2 Å². The summed E-state index contributed by atoms with van der Waals surface area (Å²) in [5.74, 6) is -1.99. The molecule has 0 bridgehead atoms. The third-order valence-corrected chi connectivity index (χ3v) is 7.15. The molecule has 0 amide bonds. The lowest BCUT2D eigenvalue weighted by Crippen LogP contribution is -2.12. The summed E-state index contributed by atoms with van der Waals surface area (Å²) in [6.45, 7) is 7.04. The lowest BCUT2D eigenvalue weighted by atomic mass is 10.2. The van der Waals surface area contributed by atoms with Crippen molar-refractivity contribution < 1.29 is 31.6 Å². The molecule has 0 fully saturated rings. The van der Waals surface area contributed by atoms with E-state index in [4.69, 9.17) is 18.1 Å². The molecule has 1 aromatic rings. The maximum Gasteiger partial charge on any atom is 0.369 e. The van der Waals surface area contributed by atoms with Gasteiger partial charge in [0.05, 0.1) is 31.7 Å². The maximum absolute atomic E-state index is 14.8. The first-order chi connectivity index (χ1) is 11.4. The van der Waals surface area contributed by atoms with E-state index in [2.05, 4.69) is 0 Å². The molecule has 0 aliphatic rings. The first kappa shape index (κ1) is 21.5. The summed E-state index contributed by atoms with van der Waals surface area (Å²) < 4.78 is 60.7. The molecule has 24 heavy (non-hydrogen) atoms. The average Bonchev–Trinajstić information content (AvgIpc) is 2.55. The zero-order valence-corrected chi connectivity index (χ0v) is 16.2. The van der Waals surface area contributed by atoms with Crippen molar-refractivity contribution in [1.82, 2.24) is 0 Å². The Morgan fingerprint density at radius 2 is 1.42 bits per heavy atom. The van der Waals surface area contributed by atoms with Gasteiger partial charge >= 0.3 is 15.2 Å². The van der Waals surface area contributed by atoms with Gasteiger partial charge in [0.2, 0.25) is 5.91 Å². The molecule has 0 radical (unpaired) electrons. The maximum atomic E-state index is 14.8. The van der Waals surface area contributed by atoms with Crippen molar-refractivity contribution in [3.8, 4) is 0 Å². The smallest absolute Gasteiger partial charge is 0.307 e. The Balaban J connectivity index is 3.23. The lowest BCUT2D eigenvalue weighted by molar-refractivity contribution is 0.190. The summed E-state index contributed by atoms with van der Waals surface area (Å²) in [5.41, 5.74) is 0.0392. The molecule has 0 spiro atoms. The summed E-state index contributed by atoms with van der Waals surface area (Å²) in [6.07, 6.45) is 0. The monoisotopic (exact) mass is 382 g/mol. The first-order valence-electron chi connectivity index (χ1n) is 7.89. The van der Waals surface area contributed by atoms with E-state index < -0.39 is 21.1 Å². The Morgan fingerprint density at radius 1 is 0.917 bits per heavy atom. The average molecular weight is 382 g/mol. The fourth-order valence-corrected chi connectivity index (χ4v) is 5.29. The highest BCUT2D eigenvalue weighted by Gasteiger charge is 2.38. The molecular weight excluding hydrogens is 357 g/mol. The van der Waals surface area contributed by atoms with Crippen molar-refractivity contribution in [3.05, 3.63) is 29.8 Å². The summed E-state index contributed by atoms with van der Waals surface area (Å²) in [4.78, 5) is 0. The van der Waals surface area contributed by atoms with E-state index in [-0.39, 0.29) is 37.3 Å². The molecular formula is C15H25FO6P2. The lowest BCUT2D eigenvalue weighted by Gasteiger charge is -2.22. The standard InChI is InChI=1S/C15H25FO6P2/c1-5-19-23(17,20-6-2)14-11-9-10-13(12-14)15(16)24(18,21-7-3)22-8-4/h9-12,15H,5-8H2,1-4H3. The molecule has 0 aliphatic carbocycles. The minimum atomic E-state index is -3.97. The van der Waals surface area contributed by atoms with Crippen LogP contribution in [0.3, 0.4) is 0 Å². The fraction of sp³-hybridized carbons (Fsp3) is 0.600. The topological polar surface area (TPSA) is 71.1 Å². The summed E-state index contributed by atoms with van der Waals surface area (Å²) in [7, 11) is -7.53. The van der Waals surface area contributed by atoms with Crippen molar-refractivity contribution in [1.29, 1.82) is 0 Å². The second kappa shape index (κ2) is 9.81. The Kier molecular flexibility index (Phi) is 8.78. The van der Waals surface area contributed by atoms with Gasteiger partial charge in [-0.15, -0.1) is 0 Å². The predicted octanol–water partition coefficient (Wildman–Crippen LogP) is 4.81. The molecule has 9 heteroatoms. The highest BCUT2D eigenvalue weighted by atomic mass is 31.2. The van der Waals surface area contributed by atoms with Crippen LogP contribution in [0.15, 0.2) is 24.3 Å². The van der Waals surface area contributed by atoms with Gasteiger partial charge in [0, 0.05) is 0 Å². The second-order valence-electron chi connectivity index (χ2n) is 4.64. The molecule has 1 atom stereocenters. The van der Waals surface area contributed by atoms with Crippen molar-refractivity contribution in [3.63, 3.8) is 0 Å². The molecule has 0 saturated carbocycles. The SMILES string of the molecule is CCOP(=O)(OCC)c1cccc(C(F)P(=O)(OCC)OCC)c1. The zero-order valence-electron chi connectivity index (χ0n) is 14.4. The van der Waals surface area contributed by atoms with E-state index in [9.17, 15) is 13.5 Å². The number of halogens is 1. The van der Waals surface area contributed by atoms with E-state index in [1.807, 2.05) is 0 Å². The van der Waals surface area contributed by atoms with Crippen LogP contribution in [0.25, 0.3) is 0 Å². The highest BCUT2D eigenvalue weighted by molar-refractivity contribution is 7.62. The van der Waals surface area contributed by atoms with Crippen LogP contribution in [-0.2, 0) is 27.2 Å². The molecule has 0 saturated heterocycles. The normalized spacial score (nSPS) is 13.9. The molecule has 0 N–H and O–H groups in total. The number of alkyl halides is 1. The van der Waals surface area contributed by atoms with E-state index in [0.29, 0.717) is 0 Å². The molecule has 0 aromatic heterocycles. The minimum absolute atomic E-state index is 0.0392. The van der Waals surface area contributed by atoms with Crippen LogP contribution < -0.4 is 5.30 Å². The van der Waals surface area contributed by atoms with Gasteiger partial charge < -0.3 is 18.1 Å². The second-order valence-corrected chi connectivity index (χ2v) is 8.72. The van der Waals surface area contributed by atoms with Gasteiger partial charge in [-0.05, 0) is 45.4 Å². The Bertz CT molecular complexity index is 589. The quantitative estimate of drug-likeness (QED) is 0.512. The molecule has 6 nitrogen and oxygen atoms in total. The zero-order chi connectivity index (χ0) is 18.2. The van der Waals surface area contributed by atoms with Crippen molar-refractivity contribution in [2.75, 3.05) is 26.4 Å². The Labute approximate surface area is 142 Å². The minimum Gasteiger partial charge on any atom is -0.307 e. The third kappa shape index (κ3) is 5.22. The largest absolute Gasteiger partial charge is 0.369 e. The fourth-order valence-electron chi connectivity index (χ4n) is 2.08. The number of hydrogen-bond donors (Lipinski definition) is 0. The van der Waals surface area contributed by atoms with Crippen molar-refractivity contribution in [2.45, 2.75) is 33.6 Å². The molecule has 1 aromatic carbocycles. The van der Waals surface area contributed by atoms with Gasteiger partial charge in [0.15, 0.2) is 0 Å². The third-order valence-electron chi connectivity index (χ3n) is 2.96. The van der Waals surface area contributed by atoms with Gasteiger partial charge in [0.25, 0.3) is 0 Å². The van der Waals surface area contributed by atoms with Gasteiger partial charge in [-0.25, -0.2) is 4.39 Å². The first-order valence-corrected chi connectivity index (χ1v) is 11.0. The Hall–Kier alpha value is -0.550. The van der Waals surface area contributed by atoms with E-state index in [1.54, 1.807) is 27.7 Å². The highest BCUT2D eigenvalue weighted by Crippen LogP contribution is 2.62. The van der Waals surface area contributed by atoms with E-state index in [1.165, 1.54) is 24.3 Å². The van der Waals surface area contributed by atoms with Crippen molar-refractivity contribution in [2.24, 2.45) is 0 Å². The van der Waals surface area contributed by atoms with Crippen LogP contribution in [0, 0.1) is 0 Å². The van der Waals surface area contributed by atoms with Crippen LogP contribution >= 0.6 is 15.2 Å². The molecule has 1 rings (SSSR count). The number of hydrogen-bond acceptors (Lipinski definition) is 6. The molecule has 138 valence electrons. The molecule has 1 unspecified atom stereocenters. The number of benzene rings is 1. The van der Waals surface area contributed by atoms with Gasteiger partial charge in [0.1, 0.15) is 0 Å². The summed E-state index contributed by atoms with van der Waals surface area (Å²) in [6, 6.07) is 5.78. The summed E-state index contributed by atoms with van der Waals surface area (Å²) in [5, 5.41) is 0.200. The van der Waals surface area contributed by atoms with Gasteiger partial charge in [-0.1, -0.05) is 12.1 Å². The molecule has 0 aliphatic heterocycles. The van der Waals surface area contributed by atoms with Crippen LogP contribution in [0.2, 0.25) is 0 Å². The van der Waals surface area contributed by atoms with Crippen molar-refractivity contribution >= 4 is 20.5 Å². The van der Waals surface area contributed by atoms with E-state index >= 15 is 0 Å². The van der Waals surface area contributed by atoms with Crippen LogP contribution in [0.5, 0.6) is 0 Å². The predicted molar refractivity (Wildman–Crippen MR) is 91.6 cm³/mol. The number of rotatable bonds is 11.